The molecule has 7 heteroatoms. The third-order valence-corrected chi connectivity index (χ3v) is 3.79. The van der Waals surface area contributed by atoms with Crippen LogP contribution in [0.3, 0.4) is 0 Å². The van der Waals surface area contributed by atoms with Crippen LogP contribution < -0.4 is 5.32 Å². The van der Waals surface area contributed by atoms with Gasteiger partial charge in [-0.05, 0) is 13.8 Å². The first kappa shape index (κ1) is 15.9. The lowest BCUT2D eigenvalue weighted by molar-refractivity contribution is -0.141. The van der Waals surface area contributed by atoms with Crippen LogP contribution in [0.15, 0.2) is 0 Å². The molecule has 7 nitrogen and oxygen atoms in total. The molecule has 1 N–H and O–H groups in total. The molecule has 1 atom stereocenters. The highest BCUT2D eigenvalue weighted by Crippen LogP contribution is 2.16. The lowest BCUT2D eigenvalue weighted by atomic mass is 10.2. The number of carbonyl (C=O) groups is 3. The van der Waals surface area contributed by atoms with Crippen molar-refractivity contribution in [2.45, 2.75) is 38.8 Å². The summed E-state index contributed by atoms with van der Waals surface area (Å²) in [4.78, 5) is 38.8. The minimum Gasteiger partial charge on any atom is -0.378 e. The lowest BCUT2D eigenvalue weighted by Gasteiger charge is -2.27. The molecule has 0 aromatic carbocycles. The van der Waals surface area contributed by atoms with E-state index in [0.29, 0.717) is 39.3 Å². The van der Waals surface area contributed by atoms with E-state index >= 15 is 0 Å². The summed E-state index contributed by atoms with van der Waals surface area (Å²) in [7, 11) is 0. The summed E-state index contributed by atoms with van der Waals surface area (Å²) in [5.74, 6) is -0.274. The SMILES string of the molecule is CC(C)N1C(=O)CC(NCCC(=O)N2CCOCC2)C1=O. The van der Waals surface area contributed by atoms with E-state index in [4.69, 9.17) is 4.74 Å². The number of rotatable bonds is 5. The van der Waals surface area contributed by atoms with Crippen molar-refractivity contribution in [3.05, 3.63) is 0 Å². The van der Waals surface area contributed by atoms with E-state index in [0.717, 1.165) is 0 Å². The van der Waals surface area contributed by atoms with Crippen molar-refractivity contribution < 1.29 is 19.1 Å². The van der Waals surface area contributed by atoms with Gasteiger partial charge in [-0.2, -0.15) is 0 Å². The molecule has 0 bridgehead atoms. The Morgan fingerprint density at radius 1 is 1.33 bits per heavy atom. The molecule has 0 saturated carbocycles. The molecule has 2 rings (SSSR count). The van der Waals surface area contributed by atoms with Gasteiger partial charge >= 0.3 is 0 Å². The highest BCUT2D eigenvalue weighted by Gasteiger charge is 2.39. The number of likely N-dealkylation sites (tertiary alicyclic amines) is 1. The molecular formula is C14H23N3O4. The molecule has 2 fully saturated rings. The first-order valence-corrected chi connectivity index (χ1v) is 7.45. The van der Waals surface area contributed by atoms with Crippen molar-refractivity contribution in [1.82, 2.24) is 15.1 Å². The van der Waals surface area contributed by atoms with Crippen LogP contribution in [0.2, 0.25) is 0 Å². The van der Waals surface area contributed by atoms with Gasteiger partial charge in [-0.15, -0.1) is 0 Å². The number of carbonyl (C=O) groups excluding carboxylic acids is 3. The second-order valence-electron chi connectivity index (χ2n) is 5.65. The molecule has 2 aliphatic heterocycles. The van der Waals surface area contributed by atoms with E-state index in [1.165, 1.54) is 4.90 Å². The van der Waals surface area contributed by atoms with E-state index in [-0.39, 0.29) is 30.2 Å². The number of nitrogens with one attached hydrogen (secondary N) is 1. The summed E-state index contributed by atoms with van der Waals surface area (Å²) < 4.78 is 5.20. The Hall–Kier alpha value is -1.47. The fraction of sp³-hybridized carbons (Fsp3) is 0.786. The fourth-order valence-electron chi connectivity index (χ4n) is 2.68. The van der Waals surface area contributed by atoms with Gasteiger partial charge in [0.15, 0.2) is 0 Å². The predicted molar refractivity (Wildman–Crippen MR) is 75.4 cm³/mol. The van der Waals surface area contributed by atoms with E-state index in [1.54, 1.807) is 4.90 Å². The van der Waals surface area contributed by atoms with E-state index < -0.39 is 6.04 Å². The predicted octanol–water partition coefficient (Wildman–Crippen LogP) is -0.639. The van der Waals surface area contributed by atoms with Crippen LogP contribution in [0, 0.1) is 0 Å². The molecule has 2 saturated heterocycles. The van der Waals surface area contributed by atoms with Crippen LogP contribution in [-0.2, 0) is 19.1 Å². The molecule has 21 heavy (non-hydrogen) atoms. The standard InChI is InChI=1S/C14H23N3O4/c1-10(2)17-13(19)9-11(14(17)20)15-4-3-12(18)16-5-7-21-8-6-16/h10-11,15H,3-9H2,1-2H3. The fourth-order valence-corrected chi connectivity index (χ4v) is 2.68. The van der Waals surface area contributed by atoms with Crippen molar-refractivity contribution in [2.75, 3.05) is 32.8 Å². The molecule has 1 unspecified atom stereocenters. The van der Waals surface area contributed by atoms with Crippen molar-refractivity contribution in [1.29, 1.82) is 0 Å². The van der Waals surface area contributed by atoms with Crippen LogP contribution in [-0.4, -0.2) is 72.5 Å². The Morgan fingerprint density at radius 3 is 2.57 bits per heavy atom. The molecule has 2 heterocycles. The monoisotopic (exact) mass is 297 g/mol. The van der Waals surface area contributed by atoms with E-state index in [2.05, 4.69) is 5.32 Å². The Labute approximate surface area is 124 Å². The second-order valence-corrected chi connectivity index (χ2v) is 5.65. The molecule has 3 amide bonds. The van der Waals surface area contributed by atoms with Crippen LogP contribution in [0.1, 0.15) is 26.7 Å². The van der Waals surface area contributed by atoms with Crippen LogP contribution in [0.25, 0.3) is 0 Å². The lowest BCUT2D eigenvalue weighted by Crippen LogP contribution is -2.44. The average molecular weight is 297 g/mol. The molecule has 0 aromatic heterocycles. The van der Waals surface area contributed by atoms with Gasteiger partial charge < -0.3 is 15.0 Å². The van der Waals surface area contributed by atoms with Gasteiger partial charge in [0.05, 0.1) is 25.7 Å². The van der Waals surface area contributed by atoms with Gasteiger partial charge in [0, 0.05) is 32.1 Å². The Bertz CT molecular complexity index is 418. The molecule has 2 aliphatic rings. The second kappa shape index (κ2) is 7.00. The summed E-state index contributed by atoms with van der Waals surface area (Å²) in [6, 6.07) is -0.607. The topological polar surface area (TPSA) is 79.0 Å². The number of amides is 3. The van der Waals surface area contributed by atoms with Crippen molar-refractivity contribution in [3.8, 4) is 0 Å². The minimum atomic E-state index is -0.489. The van der Waals surface area contributed by atoms with Gasteiger partial charge in [0.25, 0.3) is 0 Å². The molecule has 0 radical (unpaired) electrons. The minimum absolute atomic E-state index is 0.0586. The molecule has 0 aliphatic carbocycles. The zero-order valence-electron chi connectivity index (χ0n) is 12.6. The van der Waals surface area contributed by atoms with E-state index in [9.17, 15) is 14.4 Å². The first-order valence-electron chi connectivity index (χ1n) is 7.45. The van der Waals surface area contributed by atoms with Gasteiger partial charge in [0.2, 0.25) is 17.7 Å². The quantitative estimate of drug-likeness (QED) is 0.683. The smallest absolute Gasteiger partial charge is 0.247 e. The van der Waals surface area contributed by atoms with Crippen LogP contribution >= 0.6 is 0 Å². The third-order valence-electron chi connectivity index (χ3n) is 3.79. The summed E-state index contributed by atoms with van der Waals surface area (Å²) in [5, 5.41) is 3.03. The summed E-state index contributed by atoms with van der Waals surface area (Å²) in [5.41, 5.74) is 0. The Morgan fingerprint density at radius 2 is 2.00 bits per heavy atom. The van der Waals surface area contributed by atoms with Gasteiger partial charge in [-0.25, -0.2) is 0 Å². The molecule has 0 spiro atoms. The Kier molecular flexibility index (Phi) is 5.30. The number of hydrogen-bond donors (Lipinski definition) is 1. The number of imide groups is 1. The summed E-state index contributed by atoms with van der Waals surface area (Å²) >= 11 is 0. The molecule has 118 valence electrons. The van der Waals surface area contributed by atoms with Crippen molar-refractivity contribution >= 4 is 17.7 Å². The Balaban J connectivity index is 1.75. The first-order chi connectivity index (χ1) is 10.0. The summed E-state index contributed by atoms with van der Waals surface area (Å²) in [6.07, 6.45) is 0.516. The highest BCUT2D eigenvalue weighted by molar-refractivity contribution is 6.05. The van der Waals surface area contributed by atoms with Gasteiger partial charge in [0.1, 0.15) is 0 Å². The zero-order valence-corrected chi connectivity index (χ0v) is 12.6. The number of morpholine rings is 1. The van der Waals surface area contributed by atoms with Gasteiger partial charge in [-0.3, -0.25) is 19.3 Å². The molecular weight excluding hydrogens is 274 g/mol. The highest BCUT2D eigenvalue weighted by atomic mass is 16.5. The average Bonchev–Trinajstić information content (AvgIpc) is 2.74. The van der Waals surface area contributed by atoms with Crippen molar-refractivity contribution in [2.24, 2.45) is 0 Å². The maximum atomic E-state index is 12.1. The largest absolute Gasteiger partial charge is 0.378 e. The maximum absolute atomic E-state index is 12.1. The number of nitrogens with zero attached hydrogens (tertiary/aromatic N) is 2. The third kappa shape index (κ3) is 3.79. The zero-order chi connectivity index (χ0) is 15.4. The maximum Gasteiger partial charge on any atom is 0.247 e. The van der Waals surface area contributed by atoms with Gasteiger partial charge in [-0.1, -0.05) is 0 Å². The molecule has 0 aromatic rings. The summed E-state index contributed by atoms with van der Waals surface area (Å²) in [6.45, 7) is 6.46. The van der Waals surface area contributed by atoms with Crippen LogP contribution in [0.5, 0.6) is 0 Å². The van der Waals surface area contributed by atoms with Crippen LogP contribution in [0.4, 0.5) is 0 Å². The number of ether oxygens (including phenoxy) is 1. The normalized spacial score (nSPS) is 23.3. The number of hydrogen-bond acceptors (Lipinski definition) is 5. The van der Waals surface area contributed by atoms with E-state index in [1.807, 2.05) is 13.8 Å². The van der Waals surface area contributed by atoms with Crippen molar-refractivity contribution in [3.63, 3.8) is 0 Å².